The molecule has 0 aliphatic heterocycles. The Balaban J connectivity index is 1.48. The second-order valence-electron chi connectivity index (χ2n) is 12.4. The SMILES string of the molecule is CCCC(C)(C)Cc1cc(COc2cc(F)c3c(c2F)C2(CC3)C(C(=O)O)[C@@H]2C)ccc1-c1cc(OC)ccc1F. The van der Waals surface area contributed by atoms with Gasteiger partial charge in [-0.05, 0) is 77.5 Å². The van der Waals surface area contributed by atoms with Crippen molar-refractivity contribution in [1.82, 2.24) is 0 Å². The summed E-state index contributed by atoms with van der Waals surface area (Å²) in [5.74, 6) is -3.26. The van der Waals surface area contributed by atoms with E-state index in [2.05, 4.69) is 20.8 Å². The smallest absolute Gasteiger partial charge is 0.307 e. The second kappa shape index (κ2) is 10.7. The summed E-state index contributed by atoms with van der Waals surface area (Å²) in [6.45, 7) is 8.24. The van der Waals surface area contributed by atoms with Crippen LogP contribution in [0.3, 0.4) is 0 Å². The van der Waals surface area contributed by atoms with Crippen LogP contribution in [0, 0.1) is 34.7 Å². The Hall–Kier alpha value is -3.48. The molecule has 0 aromatic heterocycles. The Morgan fingerprint density at radius 1 is 1.07 bits per heavy atom. The van der Waals surface area contributed by atoms with E-state index in [9.17, 15) is 14.3 Å². The largest absolute Gasteiger partial charge is 0.497 e. The van der Waals surface area contributed by atoms with Crippen LogP contribution in [-0.4, -0.2) is 18.2 Å². The number of carboxylic acid groups (broad SMARTS) is 1. The maximum absolute atomic E-state index is 15.9. The highest BCUT2D eigenvalue weighted by Crippen LogP contribution is 2.67. The van der Waals surface area contributed by atoms with Crippen molar-refractivity contribution >= 4 is 5.97 Å². The van der Waals surface area contributed by atoms with Gasteiger partial charge in [-0.25, -0.2) is 13.2 Å². The summed E-state index contributed by atoms with van der Waals surface area (Å²) < 4.78 is 57.1. The van der Waals surface area contributed by atoms with E-state index in [1.165, 1.54) is 13.2 Å². The minimum absolute atomic E-state index is 0.0257. The highest BCUT2D eigenvalue weighted by molar-refractivity contribution is 5.79. The number of hydrogen-bond donors (Lipinski definition) is 1. The van der Waals surface area contributed by atoms with Crippen LogP contribution in [-0.2, 0) is 29.7 Å². The Bertz CT molecular complexity index is 1500. The van der Waals surface area contributed by atoms with Gasteiger partial charge in [0, 0.05) is 22.6 Å². The molecule has 1 N–H and O–H groups in total. The van der Waals surface area contributed by atoms with Gasteiger partial charge in [0.1, 0.15) is 24.0 Å². The molecule has 1 saturated carbocycles. The number of benzene rings is 3. The summed E-state index contributed by atoms with van der Waals surface area (Å²) >= 11 is 0. The molecule has 3 aromatic rings. The first kappa shape index (κ1) is 29.0. The third-order valence-corrected chi connectivity index (χ3v) is 9.19. The normalized spacial score (nSPS) is 21.2. The van der Waals surface area contributed by atoms with Crippen LogP contribution in [0.4, 0.5) is 13.2 Å². The Morgan fingerprint density at radius 3 is 2.49 bits per heavy atom. The number of ether oxygens (including phenoxy) is 2. The number of aliphatic carboxylic acids is 1. The van der Waals surface area contributed by atoms with Crippen molar-refractivity contribution in [2.75, 3.05) is 7.11 Å². The molecule has 0 amide bonds. The van der Waals surface area contributed by atoms with Gasteiger partial charge in [-0.3, -0.25) is 4.79 Å². The van der Waals surface area contributed by atoms with E-state index in [-0.39, 0.29) is 40.6 Å². The van der Waals surface area contributed by atoms with Gasteiger partial charge < -0.3 is 14.6 Å². The zero-order chi connectivity index (χ0) is 29.7. The zero-order valence-electron chi connectivity index (χ0n) is 24.2. The van der Waals surface area contributed by atoms with Crippen LogP contribution < -0.4 is 9.47 Å². The minimum Gasteiger partial charge on any atom is -0.497 e. The average Bonchev–Trinajstić information content (AvgIpc) is 3.30. The van der Waals surface area contributed by atoms with Gasteiger partial charge >= 0.3 is 5.97 Å². The van der Waals surface area contributed by atoms with E-state index in [4.69, 9.17) is 9.47 Å². The van der Waals surface area contributed by atoms with E-state index in [1.807, 2.05) is 12.1 Å². The molecule has 5 rings (SSSR count). The first-order valence-corrected chi connectivity index (χ1v) is 14.3. The summed E-state index contributed by atoms with van der Waals surface area (Å²) in [6.07, 6.45) is 3.39. The molecule has 218 valence electrons. The molecule has 7 heteroatoms. The fraction of sp³-hybridized carbons (Fsp3) is 0.441. The number of rotatable bonds is 10. The summed E-state index contributed by atoms with van der Waals surface area (Å²) in [6, 6.07) is 11.3. The van der Waals surface area contributed by atoms with Crippen molar-refractivity contribution in [3.8, 4) is 22.6 Å². The van der Waals surface area contributed by atoms with E-state index in [0.717, 1.165) is 35.6 Å². The highest BCUT2D eigenvalue weighted by Gasteiger charge is 2.70. The average molecular weight is 567 g/mol. The molecule has 2 aliphatic carbocycles. The number of halogens is 3. The fourth-order valence-electron chi connectivity index (χ4n) is 7.19. The van der Waals surface area contributed by atoms with Crippen molar-refractivity contribution in [2.24, 2.45) is 17.3 Å². The Morgan fingerprint density at radius 2 is 1.83 bits per heavy atom. The standard InChI is InChI=1S/C34H37F3O4/c1-6-12-33(3,4)17-21-14-20(7-9-23(21)25-15-22(40-5)8-10-26(25)35)18-41-28-16-27(36)24-11-13-34(30(24)31(28)37)19(2)29(34)32(38)39/h7-10,14-16,19,29H,6,11-13,17-18H2,1-5H3,(H,38,39)/t19-,29?,34?/m0/s1. The van der Waals surface area contributed by atoms with Crippen molar-refractivity contribution in [3.63, 3.8) is 0 Å². The van der Waals surface area contributed by atoms with Gasteiger partial charge in [-0.2, -0.15) is 0 Å². The van der Waals surface area contributed by atoms with Crippen LogP contribution in [0.15, 0.2) is 42.5 Å². The lowest BCUT2D eigenvalue weighted by Crippen LogP contribution is -2.16. The van der Waals surface area contributed by atoms with Gasteiger partial charge in [0.25, 0.3) is 0 Å². The molecule has 0 radical (unpaired) electrons. The van der Waals surface area contributed by atoms with E-state index >= 15 is 8.78 Å². The summed E-state index contributed by atoms with van der Waals surface area (Å²) in [5.41, 5.74) is 2.32. The maximum atomic E-state index is 15.9. The minimum atomic E-state index is -0.984. The first-order chi connectivity index (χ1) is 19.4. The number of carbonyl (C=O) groups is 1. The van der Waals surface area contributed by atoms with Crippen molar-refractivity contribution in [1.29, 1.82) is 0 Å². The van der Waals surface area contributed by atoms with E-state index in [1.54, 1.807) is 25.1 Å². The van der Waals surface area contributed by atoms with Crippen LogP contribution in [0.5, 0.6) is 11.5 Å². The van der Waals surface area contributed by atoms with Gasteiger partial charge in [-0.15, -0.1) is 0 Å². The third-order valence-electron chi connectivity index (χ3n) is 9.19. The molecule has 0 heterocycles. The lowest BCUT2D eigenvalue weighted by Gasteiger charge is -2.26. The number of carboxylic acids is 1. The number of hydrogen-bond acceptors (Lipinski definition) is 3. The molecule has 41 heavy (non-hydrogen) atoms. The molecule has 2 aliphatic rings. The molecule has 3 atom stereocenters. The van der Waals surface area contributed by atoms with E-state index < -0.39 is 28.9 Å². The van der Waals surface area contributed by atoms with E-state index in [0.29, 0.717) is 30.6 Å². The topological polar surface area (TPSA) is 55.8 Å². The van der Waals surface area contributed by atoms with Crippen LogP contribution in [0.1, 0.15) is 69.2 Å². The molecular formula is C34H37F3O4. The Labute approximate surface area is 239 Å². The summed E-state index contributed by atoms with van der Waals surface area (Å²) in [4.78, 5) is 11.8. The molecule has 0 bridgehead atoms. The fourth-order valence-corrected chi connectivity index (χ4v) is 7.19. The predicted molar refractivity (Wildman–Crippen MR) is 152 cm³/mol. The van der Waals surface area contributed by atoms with Crippen molar-refractivity contribution in [3.05, 3.63) is 82.2 Å². The molecular weight excluding hydrogens is 529 g/mol. The predicted octanol–water partition coefficient (Wildman–Crippen LogP) is 8.26. The molecule has 4 nitrogen and oxygen atoms in total. The van der Waals surface area contributed by atoms with Crippen LogP contribution in [0.25, 0.3) is 11.1 Å². The maximum Gasteiger partial charge on any atom is 0.307 e. The molecule has 1 fully saturated rings. The van der Waals surface area contributed by atoms with Crippen molar-refractivity contribution in [2.45, 2.75) is 71.8 Å². The summed E-state index contributed by atoms with van der Waals surface area (Å²) in [7, 11) is 1.54. The first-order valence-electron chi connectivity index (χ1n) is 14.3. The Kier molecular flexibility index (Phi) is 7.60. The van der Waals surface area contributed by atoms with Gasteiger partial charge in [0.15, 0.2) is 11.6 Å². The van der Waals surface area contributed by atoms with Crippen LogP contribution >= 0.6 is 0 Å². The molecule has 2 unspecified atom stereocenters. The zero-order valence-corrected chi connectivity index (χ0v) is 24.2. The van der Waals surface area contributed by atoms with Crippen LogP contribution in [0.2, 0.25) is 0 Å². The highest BCUT2D eigenvalue weighted by atomic mass is 19.1. The number of methoxy groups -OCH3 is 1. The van der Waals surface area contributed by atoms with Crippen molar-refractivity contribution < 1.29 is 32.5 Å². The van der Waals surface area contributed by atoms with Gasteiger partial charge in [0.2, 0.25) is 0 Å². The molecule has 0 saturated heterocycles. The lowest BCUT2D eigenvalue weighted by atomic mass is 9.79. The monoisotopic (exact) mass is 566 g/mol. The molecule has 3 aromatic carbocycles. The molecule has 1 spiro atoms. The lowest BCUT2D eigenvalue weighted by molar-refractivity contribution is -0.139. The quantitative estimate of drug-likeness (QED) is 0.268. The van der Waals surface area contributed by atoms with Gasteiger partial charge in [-0.1, -0.05) is 52.3 Å². The summed E-state index contributed by atoms with van der Waals surface area (Å²) in [5, 5.41) is 9.67. The number of fused-ring (bicyclic) bond motifs is 2. The van der Waals surface area contributed by atoms with Gasteiger partial charge in [0.05, 0.1) is 13.0 Å². The second-order valence-corrected chi connectivity index (χ2v) is 12.4. The third kappa shape index (κ3) is 5.08.